The first-order valence-electron chi connectivity index (χ1n) is 10.3. The quantitative estimate of drug-likeness (QED) is 0.259. The van der Waals surface area contributed by atoms with Crippen molar-refractivity contribution in [1.29, 1.82) is 10.5 Å². The SMILES string of the molecule is N#Cc1c(F)c(Sc2ccc3ccccc3c2)c(Sc2ccc3ccccc3c2)c(F)c1C#N. The molecule has 0 bridgehead atoms. The zero-order chi connectivity index (χ0) is 23.7. The lowest BCUT2D eigenvalue weighted by molar-refractivity contribution is 0.544. The minimum absolute atomic E-state index is 0.0125. The van der Waals surface area contributed by atoms with E-state index in [0.717, 1.165) is 45.1 Å². The van der Waals surface area contributed by atoms with E-state index < -0.39 is 22.8 Å². The summed E-state index contributed by atoms with van der Waals surface area (Å²) in [5.41, 5.74) is -1.16. The van der Waals surface area contributed by atoms with Crippen molar-refractivity contribution in [1.82, 2.24) is 0 Å². The summed E-state index contributed by atoms with van der Waals surface area (Å²) in [5, 5.41) is 22.9. The highest BCUT2D eigenvalue weighted by atomic mass is 32.2. The Balaban J connectivity index is 1.66. The minimum atomic E-state index is -0.887. The summed E-state index contributed by atoms with van der Waals surface area (Å²) < 4.78 is 31.1. The van der Waals surface area contributed by atoms with E-state index in [0.29, 0.717) is 9.79 Å². The molecule has 5 aromatic rings. The maximum atomic E-state index is 15.5. The van der Waals surface area contributed by atoms with Crippen molar-refractivity contribution in [2.45, 2.75) is 19.6 Å². The van der Waals surface area contributed by atoms with Crippen LogP contribution in [-0.2, 0) is 0 Å². The third-order valence-electron chi connectivity index (χ3n) is 5.40. The van der Waals surface area contributed by atoms with E-state index >= 15 is 8.78 Å². The average molecular weight is 481 g/mol. The van der Waals surface area contributed by atoms with Gasteiger partial charge in [0.1, 0.15) is 23.3 Å². The molecule has 0 radical (unpaired) electrons. The van der Waals surface area contributed by atoms with Crippen LogP contribution in [0.15, 0.2) is 105 Å². The Kier molecular flexibility index (Phi) is 5.94. The molecule has 0 saturated carbocycles. The van der Waals surface area contributed by atoms with Crippen molar-refractivity contribution in [3.05, 3.63) is 108 Å². The van der Waals surface area contributed by atoms with Crippen LogP contribution in [0.4, 0.5) is 8.78 Å². The van der Waals surface area contributed by atoms with Crippen LogP contribution in [0.25, 0.3) is 21.5 Å². The first-order chi connectivity index (χ1) is 16.6. The number of benzene rings is 5. The van der Waals surface area contributed by atoms with Crippen LogP contribution in [0.3, 0.4) is 0 Å². The van der Waals surface area contributed by atoms with Gasteiger partial charge in [0.15, 0.2) is 11.6 Å². The van der Waals surface area contributed by atoms with Gasteiger partial charge in [-0.1, -0.05) is 84.2 Å². The number of nitriles is 2. The molecule has 0 saturated heterocycles. The maximum Gasteiger partial charge on any atom is 0.157 e. The number of nitrogens with zero attached hydrogens (tertiary/aromatic N) is 2. The van der Waals surface area contributed by atoms with Crippen molar-refractivity contribution >= 4 is 45.1 Å². The van der Waals surface area contributed by atoms with Crippen molar-refractivity contribution in [3.63, 3.8) is 0 Å². The van der Waals surface area contributed by atoms with Crippen LogP contribution in [0.2, 0.25) is 0 Å². The maximum absolute atomic E-state index is 15.5. The van der Waals surface area contributed by atoms with Crippen LogP contribution < -0.4 is 0 Å². The van der Waals surface area contributed by atoms with Gasteiger partial charge in [0.2, 0.25) is 0 Å². The summed E-state index contributed by atoms with van der Waals surface area (Å²) in [6, 6.07) is 30.1. The van der Waals surface area contributed by atoms with Crippen LogP contribution >= 0.6 is 23.5 Å². The average Bonchev–Trinajstić information content (AvgIpc) is 2.87. The second-order valence-electron chi connectivity index (χ2n) is 7.48. The largest absolute Gasteiger partial charge is 0.204 e. The highest BCUT2D eigenvalue weighted by molar-refractivity contribution is 8.02. The first kappa shape index (κ1) is 22.0. The number of hydrogen-bond donors (Lipinski definition) is 0. The fourth-order valence-electron chi connectivity index (χ4n) is 3.74. The van der Waals surface area contributed by atoms with Gasteiger partial charge in [-0.05, 0) is 45.8 Å². The molecule has 0 N–H and O–H groups in total. The molecule has 0 aromatic heterocycles. The van der Waals surface area contributed by atoms with Gasteiger partial charge in [0.05, 0.1) is 9.79 Å². The van der Waals surface area contributed by atoms with E-state index in [1.54, 1.807) is 12.1 Å². The second kappa shape index (κ2) is 9.19. The highest BCUT2D eigenvalue weighted by Gasteiger charge is 2.26. The molecule has 5 rings (SSSR count). The normalized spacial score (nSPS) is 10.8. The molecule has 0 aliphatic rings. The highest BCUT2D eigenvalue weighted by Crippen LogP contribution is 2.45. The smallest absolute Gasteiger partial charge is 0.157 e. The van der Waals surface area contributed by atoms with E-state index in [9.17, 15) is 10.5 Å². The fraction of sp³-hybridized carbons (Fsp3) is 0. The molecule has 0 atom stereocenters. The molecule has 2 nitrogen and oxygen atoms in total. The van der Waals surface area contributed by atoms with E-state index in [4.69, 9.17) is 0 Å². The Hall–Kier alpha value is -3.84. The summed E-state index contributed by atoms with van der Waals surface area (Å²) in [4.78, 5) is 1.37. The lowest BCUT2D eigenvalue weighted by Gasteiger charge is -2.15. The van der Waals surface area contributed by atoms with Gasteiger partial charge in [0.25, 0.3) is 0 Å². The van der Waals surface area contributed by atoms with Crippen molar-refractivity contribution in [3.8, 4) is 12.1 Å². The molecule has 162 valence electrons. The molecule has 0 heterocycles. The molecule has 0 fully saturated rings. The third-order valence-corrected chi connectivity index (χ3v) is 7.68. The summed E-state index contributed by atoms with van der Waals surface area (Å²) in [6.07, 6.45) is 0. The van der Waals surface area contributed by atoms with E-state index in [-0.39, 0.29) is 9.79 Å². The number of hydrogen-bond acceptors (Lipinski definition) is 4. The molecule has 34 heavy (non-hydrogen) atoms. The Morgan fingerprint density at radius 2 is 0.912 bits per heavy atom. The predicted molar refractivity (Wildman–Crippen MR) is 132 cm³/mol. The molecule has 0 aliphatic carbocycles. The number of fused-ring (bicyclic) bond motifs is 2. The van der Waals surface area contributed by atoms with E-state index in [2.05, 4.69) is 0 Å². The zero-order valence-corrected chi connectivity index (χ0v) is 19.2. The molecule has 0 amide bonds. The van der Waals surface area contributed by atoms with Gasteiger partial charge in [-0.25, -0.2) is 8.78 Å². The molecular weight excluding hydrogens is 466 g/mol. The van der Waals surface area contributed by atoms with Gasteiger partial charge in [-0.15, -0.1) is 0 Å². The van der Waals surface area contributed by atoms with Crippen LogP contribution in [0, 0.1) is 34.3 Å². The zero-order valence-electron chi connectivity index (χ0n) is 17.5. The molecule has 5 aromatic carbocycles. The Labute approximate surface area is 203 Å². The summed E-state index contributed by atoms with van der Waals surface area (Å²) in [7, 11) is 0. The second-order valence-corrected chi connectivity index (χ2v) is 9.65. The van der Waals surface area contributed by atoms with Gasteiger partial charge >= 0.3 is 0 Å². The number of rotatable bonds is 4. The van der Waals surface area contributed by atoms with Crippen molar-refractivity contribution in [2.24, 2.45) is 0 Å². The third kappa shape index (κ3) is 3.99. The lowest BCUT2D eigenvalue weighted by Crippen LogP contribution is -2.01. The van der Waals surface area contributed by atoms with Gasteiger partial charge in [-0.2, -0.15) is 10.5 Å². The predicted octanol–water partition coefficient (Wildman–Crippen LogP) is 8.32. The van der Waals surface area contributed by atoms with Crippen molar-refractivity contribution < 1.29 is 8.78 Å². The Bertz CT molecular complexity index is 1540. The topological polar surface area (TPSA) is 47.6 Å². The lowest BCUT2D eigenvalue weighted by atomic mass is 10.1. The Morgan fingerprint density at radius 1 is 0.529 bits per heavy atom. The Morgan fingerprint density at radius 3 is 1.29 bits per heavy atom. The van der Waals surface area contributed by atoms with Gasteiger partial charge in [-0.3, -0.25) is 0 Å². The molecule has 6 heteroatoms. The molecular formula is C28H14F2N2S2. The monoisotopic (exact) mass is 480 g/mol. The van der Waals surface area contributed by atoms with Crippen LogP contribution in [0.1, 0.15) is 11.1 Å². The van der Waals surface area contributed by atoms with Crippen molar-refractivity contribution in [2.75, 3.05) is 0 Å². The molecule has 0 spiro atoms. The van der Waals surface area contributed by atoms with E-state index in [1.165, 1.54) is 0 Å². The van der Waals surface area contributed by atoms with Crippen LogP contribution in [-0.4, -0.2) is 0 Å². The number of halogens is 2. The first-order valence-corrected chi connectivity index (χ1v) is 11.9. The summed E-state index contributed by atoms with van der Waals surface area (Å²) >= 11 is 2.09. The fourth-order valence-corrected chi connectivity index (χ4v) is 5.85. The van der Waals surface area contributed by atoms with E-state index in [1.807, 2.05) is 84.9 Å². The van der Waals surface area contributed by atoms with Gasteiger partial charge < -0.3 is 0 Å². The molecule has 0 aliphatic heterocycles. The standard InChI is InChI=1S/C28H14F2N2S2/c29-25-23(15-31)24(16-32)26(30)28(34-22-12-10-18-6-2-4-8-20(18)14-22)27(25)33-21-11-9-17-5-1-3-7-19(17)13-21/h1-14H. The van der Waals surface area contributed by atoms with Crippen LogP contribution in [0.5, 0.6) is 0 Å². The summed E-state index contributed by atoms with van der Waals surface area (Å²) in [6.45, 7) is 0. The van der Waals surface area contributed by atoms with Gasteiger partial charge in [0, 0.05) is 9.79 Å². The summed E-state index contributed by atoms with van der Waals surface area (Å²) in [5.74, 6) is -1.77. The molecule has 0 unspecified atom stereocenters. The minimum Gasteiger partial charge on any atom is -0.204 e.